The Bertz CT molecular complexity index is 167. The van der Waals surface area contributed by atoms with Crippen LogP contribution in [0.4, 0.5) is 0 Å². The maximum absolute atomic E-state index is 3.65. The first kappa shape index (κ1) is 13.0. The molecule has 1 fully saturated rings. The Kier molecular flexibility index (Phi) is 5.66. The molecule has 90 valence electrons. The summed E-state index contributed by atoms with van der Waals surface area (Å²) in [6.07, 6.45) is 7.04. The van der Waals surface area contributed by atoms with Crippen LogP contribution in [0.5, 0.6) is 0 Å². The van der Waals surface area contributed by atoms with E-state index in [4.69, 9.17) is 0 Å². The van der Waals surface area contributed by atoms with Gasteiger partial charge >= 0.3 is 0 Å². The van der Waals surface area contributed by atoms with E-state index in [2.05, 4.69) is 33.0 Å². The summed E-state index contributed by atoms with van der Waals surface area (Å²) in [4.78, 5) is 0. The van der Waals surface area contributed by atoms with Crippen LogP contribution in [0.1, 0.15) is 59.8 Å². The first-order valence-electron chi connectivity index (χ1n) is 6.86. The van der Waals surface area contributed by atoms with Crippen molar-refractivity contribution < 1.29 is 0 Å². The molecule has 1 saturated carbocycles. The third-order valence-electron chi connectivity index (χ3n) is 4.14. The molecule has 1 N–H and O–H groups in total. The number of hydrogen-bond acceptors (Lipinski definition) is 1. The van der Waals surface area contributed by atoms with Crippen LogP contribution in [0.15, 0.2) is 0 Å². The van der Waals surface area contributed by atoms with Crippen molar-refractivity contribution in [3.63, 3.8) is 0 Å². The SMILES string of the molecule is CCN[C@H]1CCC[C@@H](C)C[C@@H](C)[C@@H](C)C1. The molecule has 15 heavy (non-hydrogen) atoms. The van der Waals surface area contributed by atoms with Crippen LogP contribution >= 0.6 is 0 Å². The van der Waals surface area contributed by atoms with E-state index < -0.39 is 0 Å². The van der Waals surface area contributed by atoms with Crippen molar-refractivity contribution in [3.05, 3.63) is 0 Å². The quantitative estimate of drug-likeness (QED) is 0.732. The second kappa shape index (κ2) is 6.52. The van der Waals surface area contributed by atoms with Crippen LogP contribution in [0.3, 0.4) is 0 Å². The van der Waals surface area contributed by atoms with Crippen molar-refractivity contribution in [3.8, 4) is 0 Å². The van der Waals surface area contributed by atoms with E-state index in [0.717, 1.165) is 30.3 Å². The first-order chi connectivity index (χ1) is 7.13. The summed E-state index contributed by atoms with van der Waals surface area (Å²) in [5, 5.41) is 3.65. The molecular weight excluding hydrogens is 182 g/mol. The van der Waals surface area contributed by atoms with Gasteiger partial charge in [0.25, 0.3) is 0 Å². The molecule has 0 aliphatic heterocycles. The zero-order valence-corrected chi connectivity index (χ0v) is 11.1. The molecule has 0 aromatic rings. The normalized spacial score (nSPS) is 39.2. The summed E-state index contributed by atoms with van der Waals surface area (Å²) in [5.41, 5.74) is 0. The van der Waals surface area contributed by atoms with E-state index >= 15 is 0 Å². The predicted molar refractivity (Wildman–Crippen MR) is 68.0 cm³/mol. The highest BCUT2D eigenvalue weighted by Gasteiger charge is 2.21. The molecule has 0 heterocycles. The van der Waals surface area contributed by atoms with E-state index in [0.29, 0.717) is 0 Å². The smallest absolute Gasteiger partial charge is 0.00695 e. The van der Waals surface area contributed by atoms with Crippen LogP contribution in [0.2, 0.25) is 0 Å². The summed E-state index contributed by atoms with van der Waals surface area (Å²) in [6.45, 7) is 10.7. The molecule has 0 radical (unpaired) electrons. The Morgan fingerprint density at radius 3 is 2.33 bits per heavy atom. The molecular formula is C14H29N. The maximum atomic E-state index is 3.65. The first-order valence-corrected chi connectivity index (χ1v) is 6.86. The van der Waals surface area contributed by atoms with Crippen LogP contribution in [0.25, 0.3) is 0 Å². The molecule has 1 heteroatoms. The van der Waals surface area contributed by atoms with Gasteiger partial charge in [-0.15, -0.1) is 0 Å². The summed E-state index contributed by atoms with van der Waals surface area (Å²) in [7, 11) is 0. The molecule has 0 aromatic heterocycles. The summed E-state index contributed by atoms with van der Waals surface area (Å²) in [5.74, 6) is 2.72. The average Bonchev–Trinajstić information content (AvgIpc) is 2.21. The predicted octanol–water partition coefficient (Wildman–Crippen LogP) is 3.84. The van der Waals surface area contributed by atoms with E-state index in [1.165, 1.54) is 32.1 Å². The summed E-state index contributed by atoms with van der Waals surface area (Å²) < 4.78 is 0. The number of nitrogens with one attached hydrogen (secondary N) is 1. The van der Waals surface area contributed by atoms with E-state index in [1.807, 2.05) is 0 Å². The zero-order valence-electron chi connectivity index (χ0n) is 11.1. The highest BCUT2D eigenvalue weighted by atomic mass is 14.9. The van der Waals surface area contributed by atoms with Gasteiger partial charge in [0.15, 0.2) is 0 Å². The Balaban J connectivity index is 2.51. The minimum Gasteiger partial charge on any atom is -0.314 e. The van der Waals surface area contributed by atoms with E-state index in [1.54, 1.807) is 0 Å². The van der Waals surface area contributed by atoms with Gasteiger partial charge in [-0.1, -0.05) is 40.5 Å². The summed E-state index contributed by atoms with van der Waals surface area (Å²) in [6, 6.07) is 0.776. The van der Waals surface area contributed by atoms with Gasteiger partial charge in [0, 0.05) is 6.04 Å². The van der Waals surface area contributed by atoms with Crippen molar-refractivity contribution in [1.29, 1.82) is 0 Å². The molecule has 0 aromatic carbocycles. The Labute approximate surface area is 96.0 Å². The lowest BCUT2D eigenvalue weighted by Crippen LogP contribution is -2.31. The molecule has 1 aliphatic rings. The van der Waals surface area contributed by atoms with Crippen molar-refractivity contribution in [2.75, 3.05) is 6.54 Å². The third kappa shape index (κ3) is 4.55. The standard InChI is InChI=1S/C14H29N/c1-5-15-14-8-6-7-11(2)9-12(3)13(4)10-14/h11-15H,5-10H2,1-4H3/t11-,12-,13+,14+/m1/s1. The lowest BCUT2D eigenvalue weighted by atomic mass is 9.84. The van der Waals surface area contributed by atoms with Crippen LogP contribution in [-0.4, -0.2) is 12.6 Å². The topological polar surface area (TPSA) is 12.0 Å². The molecule has 0 saturated heterocycles. The Hall–Kier alpha value is -0.0400. The molecule has 1 aliphatic carbocycles. The largest absolute Gasteiger partial charge is 0.314 e. The number of rotatable bonds is 2. The minimum absolute atomic E-state index is 0.776. The lowest BCUT2D eigenvalue weighted by molar-refractivity contribution is 0.284. The second-order valence-corrected chi connectivity index (χ2v) is 5.72. The fourth-order valence-electron chi connectivity index (χ4n) is 2.97. The third-order valence-corrected chi connectivity index (χ3v) is 4.14. The number of hydrogen-bond donors (Lipinski definition) is 1. The van der Waals surface area contributed by atoms with Gasteiger partial charge in [0.05, 0.1) is 0 Å². The van der Waals surface area contributed by atoms with Crippen molar-refractivity contribution in [2.24, 2.45) is 17.8 Å². The monoisotopic (exact) mass is 211 g/mol. The van der Waals surface area contributed by atoms with E-state index in [-0.39, 0.29) is 0 Å². The van der Waals surface area contributed by atoms with Gasteiger partial charge in [0.2, 0.25) is 0 Å². The van der Waals surface area contributed by atoms with Crippen LogP contribution < -0.4 is 5.32 Å². The Morgan fingerprint density at radius 2 is 1.67 bits per heavy atom. The zero-order chi connectivity index (χ0) is 11.3. The molecule has 1 nitrogen and oxygen atoms in total. The van der Waals surface area contributed by atoms with Gasteiger partial charge in [-0.05, 0) is 43.6 Å². The molecule has 4 atom stereocenters. The fraction of sp³-hybridized carbons (Fsp3) is 1.00. The molecule has 1 rings (SSSR count). The van der Waals surface area contributed by atoms with Gasteiger partial charge in [-0.2, -0.15) is 0 Å². The van der Waals surface area contributed by atoms with Crippen molar-refractivity contribution in [1.82, 2.24) is 5.32 Å². The van der Waals surface area contributed by atoms with Gasteiger partial charge in [-0.25, -0.2) is 0 Å². The minimum atomic E-state index is 0.776. The van der Waals surface area contributed by atoms with Crippen LogP contribution in [0, 0.1) is 17.8 Å². The molecule has 0 unspecified atom stereocenters. The second-order valence-electron chi connectivity index (χ2n) is 5.72. The van der Waals surface area contributed by atoms with E-state index in [9.17, 15) is 0 Å². The molecule has 0 amide bonds. The van der Waals surface area contributed by atoms with Gasteiger partial charge in [-0.3, -0.25) is 0 Å². The summed E-state index contributed by atoms with van der Waals surface area (Å²) >= 11 is 0. The fourth-order valence-corrected chi connectivity index (χ4v) is 2.97. The maximum Gasteiger partial charge on any atom is 0.00695 e. The Morgan fingerprint density at radius 1 is 1.00 bits per heavy atom. The van der Waals surface area contributed by atoms with Gasteiger partial charge in [0.1, 0.15) is 0 Å². The van der Waals surface area contributed by atoms with Crippen LogP contribution in [-0.2, 0) is 0 Å². The highest BCUT2D eigenvalue weighted by Crippen LogP contribution is 2.29. The molecule has 0 bridgehead atoms. The highest BCUT2D eigenvalue weighted by molar-refractivity contribution is 4.76. The molecule has 0 spiro atoms. The average molecular weight is 211 g/mol. The van der Waals surface area contributed by atoms with Gasteiger partial charge < -0.3 is 5.32 Å². The lowest BCUT2D eigenvalue weighted by Gasteiger charge is -2.25. The van der Waals surface area contributed by atoms with Crippen molar-refractivity contribution in [2.45, 2.75) is 65.8 Å². The van der Waals surface area contributed by atoms with Crippen molar-refractivity contribution >= 4 is 0 Å².